The van der Waals surface area contributed by atoms with Crippen LogP contribution in [0, 0.1) is 0 Å². The van der Waals surface area contributed by atoms with E-state index in [1.54, 1.807) is 30.3 Å². The maximum absolute atomic E-state index is 11.4. The van der Waals surface area contributed by atoms with Crippen molar-refractivity contribution in [2.45, 2.75) is 12.2 Å². The lowest BCUT2D eigenvalue weighted by atomic mass is 10.3. The van der Waals surface area contributed by atoms with Crippen LogP contribution in [0.3, 0.4) is 0 Å². The summed E-state index contributed by atoms with van der Waals surface area (Å²) in [6, 6.07) is 8.46. The largest absolute Gasteiger partial charge is 0.413 e. The van der Waals surface area contributed by atoms with Gasteiger partial charge in [-0.25, -0.2) is 4.79 Å². The first-order chi connectivity index (χ1) is 8.08. The van der Waals surface area contributed by atoms with Crippen molar-refractivity contribution in [2.24, 2.45) is 0 Å². The Morgan fingerprint density at radius 2 is 2.18 bits per heavy atom. The smallest absolute Gasteiger partial charge is 0.410 e. The average molecular weight is 257 g/mol. The Hall–Kier alpha value is -1.36. The van der Waals surface area contributed by atoms with Crippen molar-refractivity contribution in [2.75, 3.05) is 6.61 Å². The van der Waals surface area contributed by atoms with Crippen molar-refractivity contribution in [3.8, 4) is 5.75 Å². The van der Waals surface area contributed by atoms with E-state index in [0.717, 1.165) is 0 Å². The van der Waals surface area contributed by atoms with E-state index in [-0.39, 0.29) is 6.61 Å². The van der Waals surface area contributed by atoms with Gasteiger partial charge in [-0.1, -0.05) is 18.2 Å². The van der Waals surface area contributed by atoms with Crippen LogP contribution in [-0.4, -0.2) is 23.4 Å². The first-order valence-corrected chi connectivity index (χ1v) is 6.73. The highest BCUT2D eigenvalue weighted by Crippen LogP contribution is 2.52. The topological polar surface area (TPSA) is 84.9 Å². The van der Waals surface area contributed by atoms with Crippen LogP contribution in [-0.2, 0) is 9.09 Å². The van der Waals surface area contributed by atoms with Gasteiger partial charge in [-0.05, 0) is 12.1 Å². The highest BCUT2D eigenvalue weighted by molar-refractivity contribution is 7.53. The van der Waals surface area contributed by atoms with E-state index in [2.05, 4.69) is 9.84 Å². The summed E-state index contributed by atoms with van der Waals surface area (Å²) in [5.74, 6) is -0.518. The maximum Gasteiger partial charge on any atom is 0.413 e. The molecule has 1 heterocycles. The van der Waals surface area contributed by atoms with Gasteiger partial charge in [0.05, 0.1) is 6.61 Å². The molecular weight excluding hydrogens is 245 g/mol. The van der Waals surface area contributed by atoms with Crippen molar-refractivity contribution in [3.05, 3.63) is 30.3 Å². The Morgan fingerprint density at radius 3 is 2.76 bits per heavy atom. The number of hydrogen-bond donors (Lipinski definition) is 2. The molecule has 0 radical (unpaired) electrons. The predicted molar refractivity (Wildman–Crippen MR) is 59.8 cm³/mol. The molecule has 0 saturated carbocycles. The second-order valence-electron chi connectivity index (χ2n) is 3.55. The molecule has 1 saturated heterocycles. The van der Waals surface area contributed by atoms with Gasteiger partial charge in [0.25, 0.3) is 0 Å². The summed E-state index contributed by atoms with van der Waals surface area (Å²) in [6.07, 6.45) is -0.460. The molecule has 1 aromatic carbocycles. The molecule has 1 aromatic rings. The minimum atomic E-state index is -3.72. The normalized spacial score (nSPS) is 27.7. The first-order valence-electron chi connectivity index (χ1n) is 5.08. The van der Waals surface area contributed by atoms with Gasteiger partial charge in [-0.3, -0.25) is 4.57 Å². The summed E-state index contributed by atoms with van der Waals surface area (Å²) in [4.78, 5) is 20.8. The van der Waals surface area contributed by atoms with E-state index in [9.17, 15) is 14.3 Å². The van der Waals surface area contributed by atoms with E-state index >= 15 is 0 Å². The summed E-state index contributed by atoms with van der Waals surface area (Å²) < 4.78 is 21.0. The van der Waals surface area contributed by atoms with E-state index in [1.807, 2.05) is 0 Å². The van der Waals surface area contributed by atoms with Crippen molar-refractivity contribution >= 4 is 13.7 Å². The third-order valence-corrected chi connectivity index (χ3v) is 4.03. The van der Waals surface area contributed by atoms with E-state index < -0.39 is 19.5 Å². The molecule has 2 rings (SSSR count). The zero-order chi connectivity index (χ0) is 12.3. The SMILES string of the molecule is O=C(NC1CCOP1(=O)O)Oc1ccccc1. The fourth-order valence-corrected chi connectivity index (χ4v) is 2.71. The number of para-hydroxylation sites is 1. The van der Waals surface area contributed by atoms with Crippen LogP contribution in [0.4, 0.5) is 4.79 Å². The van der Waals surface area contributed by atoms with Crippen LogP contribution < -0.4 is 10.1 Å². The van der Waals surface area contributed by atoms with Gasteiger partial charge in [-0.2, -0.15) is 0 Å². The van der Waals surface area contributed by atoms with Crippen LogP contribution in [0.2, 0.25) is 0 Å². The molecule has 2 atom stereocenters. The highest BCUT2D eigenvalue weighted by Gasteiger charge is 2.39. The molecule has 2 N–H and O–H groups in total. The molecule has 0 aliphatic carbocycles. The van der Waals surface area contributed by atoms with Crippen LogP contribution in [0.15, 0.2) is 30.3 Å². The van der Waals surface area contributed by atoms with Gasteiger partial charge in [0, 0.05) is 6.42 Å². The fourth-order valence-electron chi connectivity index (χ4n) is 1.46. The van der Waals surface area contributed by atoms with Crippen molar-refractivity contribution in [1.82, 2.24) is 5.32 Å². The number of rotatable bonds is 2. The molecule has 0 aromatic heterocycles. The first kappa shape index (κ1) is 12.1. The summed E-state index contributed by atoms with van der Waals surface area (Å²) in [6.45, 7) is 0.157. The van der Waals surface area contributed by atoms with Gasteiger partial charge in [-0.15, -0.1) is 0 Å². The van der Waals surface area contributed by atoms with Gasteiger partial charge in [0.2, 0.25) is 0 Å². The number of hydrogen-bond acceptors (Lipinski definition) is 4. The highest BCUT2D eigenvalue weighted by atomic mass is 31.2. The van der Waals surface area contributed by atoms with Gasteiger partial charge in [0.15, 0.2) is 0 Å². The molecule has 17 heavy (non-hydrogen) atoms. The molecular formula is C10H12NO5P. The molecule has 1 aliphatic rings. The fraction of sp³-hybridized carbons (Fsp3) is 0.300. The molecule has 1 fully saturated rings. The third-order valence-electron chi connectivity index (χ3n) is 2.30. The Kier molecular flexibility index (Phi) is 3.47. The quantitative estimate of drug-likeness (QED) is 0.788. The second kappa shape index (κ2) is 4.87. The Balaban J connectivity index is 1.92. The molecule has 7 heteroatoms. The average Bonchev–Trinajstić information content (AvgIpc) is 2.59. The van der Waals surface area contributed by atoms with Crippen LogP contribution in [0.5, 0.6) is 5.75 Å². The van der Waals surface area contributed by atoms with Crippen LogP contribution in [0.1, 0.15) is 6.42 Å². The summed E-state index contributed by atoms with van der Waals surface area (Å²) in [7, 11) is -3.72. The number of carbonyl (C=O) groups excluding carboxylic acids is 1. The Labute approximate surface area is 98.1 Å². The number of nitrogens with one attached hydrogen (secondary N) is 1. The maximum atomic E-state index is 11.4. The van der Waals surface area contributed by atoms with Gasteiger partial charge in [0.1, 0.15) is 11.5 Å². The number of ether oxygens (including phenoxy) is 1. The summed E-state index contributed by atoms with van der Waals surface area (Å²) >= 11 is 0. The minimum absolute atomic E-state index is 0.157. The van der Waals surface area contributed by atoms with Crippen LogP contribution >= 0.6 is 7.60 Å². The van der Waals surface area contributed by atoms with Gasteiger partial charge >= 0.3 is 13.7 Å². The zero-order valence-electron chi connectivity index (χ0n) is 8.91. The number of carbonyl (C=O) groups is 1. The summed E-state index contributed by atoms with van der Waals surface area (Å²) in [5, 5.41) is 2.32. The second-order valence-corrected chi connectivity index (χ2v) is 5.56. The molecule has 0 bridgehead atoms. The monoisotopic (exact) mass is 257 g/mol. The summed E-state index contributed by atoms with van der Waals surface area (Å²) in [5.41, 5.74) is 0. The molecule has 1 amide bonds. The van der Waals surface area contributed by atoms with E-state index in [1.165, 1.54) is 0 Å². The van der Waals surface area contributed by atoms with Crippen LogP contribution in [0.25, 0.3) is 0 Å². The van der Waals surface area contributed by atoms with Crippen molar-refractivity contribution < 1.29 is 23.5 Å². The third kappa shape index (κ3) is 3.06. The van der Waals surface area contributed by atoms with E-state index in [4.69, 9.17) is 4.74 Å². The van der Waals surface area contributed by atoms with Crippen molar-refractivity contribution in [3.63, 3.8) is 0 Å². The zero-order valence-corrected chi connectivity index (χ0v) is 9.80. The predicted octanol–water partition coefficient (Wildman–Crippen LogP) is 1.71. The van der Waals surface area contributed by atoms with Crippen molar-refractivity contribution in [1.29, 1.82) is 0 Å². The van der Waals surface area contributed by atoms with Gasteiger partial charge < -0.3 is 19.5 Å². The Morgan fingerprint density at radius 1 is 1.47 bits per heavy atom. The Bertz CT molecular complexity index is 449. The lowest BCUT2D eigenvalue weighted by molar-refractivity contribution is 0.198. The molecule has 92 valence electrons. The number of benzene rings is 1. The lowest BCUT2D eigenvalue weighted by Gasteiger charge is -2.14. The molecule has 2 unspecified atom stereocenters. The van der Waals surface area contributed by atoms with E-state index in [0.29, 0.717) is 12.2 Å². The molecule has 0 spiro atoms. The minimum Gasteiger partial charge on any atom is -0.410 e. The lowest BCUT2D eigenvalue weighted by Crippen LogP contribution is -2.35. The standard InChI is InChI=1S/C10H12NO5P/c12-10(16-8-4-2-1-3-5-8)11-9-6-7-15-17(9,13)14/h1-5,9H,6-7H2,(H,11,12)(H,13,14). The molecule has 6 nitrogen and oxygen atoms in total. The number of amides is 1. The molecule has 1 aliphatic heterocycles.